The summed E-state index contributed by atoms with van der Waals surface area (Å²) in [6.07, 6.45) is 0.643. The lowest BCUT2D eigenvalue weighted by atomic mass is 10.3. The number of nitrogens with two attached hydrogens (primary N) is 1. The molecule has 1 atom stereocenters. The van der Waals surface area contributed by atoms with Crippen molar-refractivity contribution >= 4 is 31.2 Å². The van der Waals surface area contributed by atoms with E-state index < -0.39 is 25.9 Å². The Hall–Kier alpha value is -0.480. The second-order valence-electron chi connectivity index (χ2n) is 4.84. The summed E-state index contributed by atoms with van der Waals surface area (Å²) in [5, 5.41) is 0. The van der Waals surface area contributed by atoms with Gasteiger partial charge in [0.05, 0.1) is 11.5 Å². The summed E-state index contributed by atoms with van der Waals surface area (Å²) in [6.45, 7) is 2.12. The highest BCUT2D eigenvalue weighted by Crippen LogP contribution is 2.28. The van der Waals surface area contributed by atoms with Crippen molar-refractivity contribution in [2.24, 2.45) is 5.73 Å². The van der Waals surface area contributed by atoms with E-state index in [9.17, 15) is 16.8 Å². The molecule has 2 N–H and O–H groups in total. The molecule has 9 heteroatoms. The van der Waals surface area contributed by atoms with Gasteiger partial charge in [-0.05, 0) is 32.0 Å². The zero-order valence-electron chi connectivity index (χ0n) is 11.1. The monoisotopic (exact) mass is 338 g/mol. The highest BCUT2D eigenvalue weighted by molar-refractivity contribution is 7.92. The summed E-state index contributed by atoms with van der Waals surface area (Å²) in [6, 6.07) is 2.80. The zero-order chi connectivity index (χ0) is 15.0. The Labute approximate surface area is 123 Å². The van der Waals surface area contributed by atoms with Crippen LogP contribution in [0.4, 0.5) is 0 Å². The van der Waals surface area contributed by atoms with Crippen molar-refractivity contribution in [2.45, 2.75) is 23.6 Å². The van der Waals surface area contributed by atoms with E-state index in [0.717, 1.165) is 4.88 Å². The van der Waals surface area contributed by atoms with Gasteiger partial charge in [-0.2, -0.15) is 4.31 Å². The fourth-order valence-electron chi connectivity index (χ4n) is 2.23. The first-order valence-corrected chi connectivity index (χ1v) is 10.3. The molecule has 1 aromatic heterocycles. The molecule has 0 aliphatic carbocycles. The van der Waals surface area contributed by atoms with E-state index in [-0.39, 0.29) is 22.3 Å². The van der Waals surface area contributed by atoms with Crippen molar-refractivity contribution in [3.63, 3.8) is 0 Å². The van der Waals surface area contributed by atoms with Gasteiger partial charge < -0.3 is 5.73 Å². The van der Waals surface area contributed by atoms with Gasteiger partial charge >= 0.3 is 0 Å². The minimum atomic E-state index is -3.61. The van der Waals surface area contributed by atoms with Crippen LogP contribution in [-0.4, -0.2) is 51.8 Å². The van der Waals surface area contributed by atoms with Crippen LogP contribution in [0.5, 0.6) is 0 Å². The maximum absolute atomic E-state index is 12.5. The smallest absolute Gasteiger partial charge is 0.252 e. The van der Waals surface area contributed by atoms with Crippen molar-refractivity contribution < 1.29 is 16.8 Å². The molecule has 1 aliphatic heterocycles. The second kappa shape index (κ2) is 5.72. The van der Waals surface area contributed by atoms with Crippen LogP contribution >= 0.6 is 11.3 Å². The van der Waals surface area contributed by atoms with Gasteiger partial charge in [0.1, 0.15) is 4.21 Å². The van der Waals surface area contributed by atoms with Gasteiger partial charge in [-0.25, -0.2) is 16.8 Å². The van der Waals surface area contributed by atoms with Crippen molar-refractivity contribution in [3.05, 3.63) is 17.0 Å². The Bertz CT molecular complexity index is 678. The highest BCUT2D eigenvalue weighted by Gasteiger charge is 2.37. The topological polar surface area (TPSA) is 97.5 Å². The number of nitrogens with zero attached hydrogens (tertiary/aromatic N) is 1. The summed E-state index contributed by atoms with van der Waals surface area (Å²) in [4.78, 5) is 0.920. The Morgan fingerprint density at radius 2 is 2.15 bits per heavy atom. The molecule has 0 saturated carbocycles. The summed E-state index contributed by atoms with van der Waals surface area (Å²) >= 11 is 1.20. The van der Waals surface area contributed by atoms with Crippen LogP contribution in [-0.2, 0) is 26.3 Å². The number of hydrogen-bond acceptors (Lipinski definition) is 6. The van der Waals surface area contributed by atoms with Gasteiger partial charge in [0, 0.05) is 17.5 Å². The van der Waals surface area contributed by atoms with Crippen LogP contribution in [0.25, 0.3) is 0 Å². The molecule has 20 heavy (non-hydrogen) atoms. The van der Waals surface area contributed by atoms with E-state index in [1.165, 1.54) is 15.6 Å². The molecule has 0 aromatic carbocycles. The summed E-state index contributed by atoms with van der Waals surface area (Å²) in [7, 11) is -6.74. The second-order valence-corrected chi connectivity index (χ2v) is 10.4. The van der Waals surface area contributed by atoms with E-state index in [1.807, 2.05) is 0 Å². The normalized spacial score (nSPS) is 23.8. The maximum Gasteiger partial charge on any atom is 0.252 e. The third-order valence-electron chi connectivity index (χ3n) is 3.20. The van der Waals surface area contributed by atoms with E-state index in [0.29, 0.717) is 13.0 Å². The molecule has 0 spiro atoms. The molecule has 1 aliphatic rings. The molecule has 2 rings (SSSR count). The third kappa shape index (κ3) is 3.22. The average molecular weight is 338 g/mol. The van der Waals surface area contributed by atoms with Crippen molar-refractivity contribution in [2.75, 3.05) is 24.6 Å². The van der Waals surface area contributed by atoms with Gasteiger partial charge in [-0.15, -0.1) is 11.3 Å². The third-order valence-corrected chi connectivity index (χ3v) is 8.62. The van der Waals surface area contributed by atoms with Crippen molar-refractivity contribution in [1.29, 1.82) is 0 Å². The number of hydrogen-bond donors (Lipinski definition) is 1. The van der Waals surface area contributed by atoms with Crippen molar-refractivity contribution in [3.8, 4) is 0 Å². The minimum Gasteiger partial charge on any atom is -0.330 e. The van der Waals surface area contributed by atoms with Gasteiger partial charge in [0.25, 0.3) is 10.0 Å². The summed E-state index contributed by atoms with van der Waals surface area (Å²) < 4.78 is 49.7. The Morgan fingerprint density at radius 1 is 1.45 bits per heavy atom. The van der Waals surface area contributed by atoms with E-state index in [1.54, 1.807) is 19.1 Å². The largest absolute Gasteiger partial charge is 0.330 e. The molecular formula is C11H18N2O4S3. The molecular weight excluding hydrogens is 320 g/mol. The average Bonchev–Trinajstić information content (AvgIpc) is 2.77. The van der Waals surface area contributed by atoms with E-state index >= 15 is 0 Å². The lowest BCUT2D eigenvalue weighted by Gasteiger charge is -2.31. The first-order chi connectivity index (χ1) is 9.26. The highest BCUT2D eigenvalue weighted by atomic mass is 32.2. The predicted octanol–water partition coefficient (Wildman–Crippen LogP) is 0.0569. The molecule has 6 nitrogen and oxygen atoms in total. The quantitative estimate of drug-likeness (QED) is 0.837. The molecule has 1 fully saturated rings. The van der Waals surface area contributed by atoms with Gasteiger partial charge in [-0.3, -0.25) is 0 Å². The number of rotatable bonds is 4. The molecule has 0 amide bonds. The fourth-order valence-corrected chi connectivity index (χ4v) is 7.13. The van der Waals surface area contributed by atoms with Gasteiger partial charge in [-0.1, -0.05) is 0 Å². The van der Waals surface area contributed by atoms with E-state index in [2.05, 4.69) is 0 Å². The molecule has 0 radical (unpaired) electrons. The Morgan fingerprint density at radius 3 is 2.75 bits per heavy atom. The van der Waals surface area contributed by atoms with Gasteiger partial charge in [0.2, 0.25) is 0 Å². The van der Waals surface area contributed by atoms with Gasteiger partial charge in [0.15, 0.2) is 9.84 Å². The van der Waals surface area contributed by atoms with Crippen LogP contribution in [0.15, 0.2) is 16.3 Å². The fraction of sp³-hybridized carbons (Fsp3) is 0.636. The number of thiophene rings is 1. The molecule has 1 aromatic rings. The van der Waals surface area contributed by atoms with Crippen molar-refractivity contribution in [1.82, 2.24) is 4.31 Å². The SMILES string of the molecule is CC1CS(=O)(=O)CCN1S(=O)(=O)c1ccc(CCN)s1. The number of sulfonamides is 1. The van der Waals surface area contributed by atoms with Crippen LogP contribution in [0, 0.1) is 0 Å². The van der Waals surface area contributed by atoms with Crippen LogP contribution in [0.1, 0.15) is 11.8 Å². The zero-order valence-corrected chi connectivity index (χ0v) is 13.6. The lowest BCUT2D eigenvalue weighted by Crippen LogP contribution is -2.49. The molecule has 0 bridgehead atoms. The summed E-state index contributed by atoms with van der Waals surface area (Å²) in [5.41, 5.74) is 5.45. The lowest BCUT2D eigenvalue weighted by molar-refractivity contribution is 0.357. The predicted molar refractivity (Wildman–Crippen MR) is 79.1 cm³/mol. The van der Waals surface area contributed by atoms with Crippen LogP contribution in [0.3, 0.4) is 0 Å². The van der Waals surface area contributed by atoms with Crippen LogP contribution < -0.4 is 5.73 Å². The molecule has 1 saturated heterocycles. The Balaban J connectivity index is 2.26. The summed E-state index contributed by atoms with van der Waals surface area (Å²) in [5.74, 6) is -0.231. The Kier molecular flexibility index (Phi) is 4.55. The van der Waals surface area contributed by atoms with E-state index in [4.69, 9.17) is 5.73 Å². The van der Waals surface area contributed by atoms with Crippen LogP contribution in [0.2, 0.25) is 0 Å². The minimum absolute atomic E-state index is 0.0238. The first kappa shape index (κ1) is 15.9. The standard InChI is InChI=1S/C11H18N2O4S3/c1-9-8-19(14,15)7-6-13(9)20(16,17)11-3-2-10(18-11)4-5-12/h2-3,9H,4-8,12H2,1H3. The maximum atomic E-state index is 12.5. The first-order valence-electron chi connectivity index (χ1n) is 6.27. The number of sulfone groups is 1. The molecule has 2 heterocycles. The molecule has 1 unspecified atom stereocenters. The molecule has 114 valence electrons.